The Hall–Kier alpha value is -3.04. The van der Waals surface area contributed by atoms with Crippen LogP contribution < -0.4 is 5.32 Å². The van der Waals surface area contributed by atoms with E-state index in [-0.39, 0.29) is 0 Å². The van der Waals surface area contributed by atoms with Crippen LogP contribution in [0.15, 0.2) is 82.6 Å². The van der Waals surface area contributed by atoms with Crippen molar-refractivity contribution >= 4 is 38.1 Å². The van der Waals surface area contributed by atoms with Gasteiger partial charge in [-0.25, -0.2) is 0 Å². The molecule has 3 heterocycles. The number of fused-ring (bicyclic) bond motifs is 3. The monoisotopic (exact) mass is 381 g/mol. The normalized spacial score (nSPS) is 16.2. The number of hydrogen-bond donors (Lipinski definition) is 1. The van der Waals surface area contributed by atoms with Crippen molar-refractivity contribution in [2.75, 3.05) is 5.32 Å². The number of benzene rings is 3. The third-order valence-electron chi connectivity index (χ3n) is 5.73. The van der Waals surface area contributed by atoms with Crippen molar-refractivity contribution in [2.24, 2.45) is 0 Å². The summed E-state index contributed by atoms with van der Waals surface area (Å²) in [6.45, 7) is 0. The lowest BCUT2D eigenvalue weighted by Crippen LogP contribution is -2.17. The van der Waals surface area contributed by atoms with Crippen LogP contribution in [0.5, 0.6) is 0 Å². The summed E-state index contributed by atoms with van der Waals surface area (Å²) in [5, 5.41) is 8.29. The van der Waals surface area contributed by atoms with Crippen LogP contribution in [-0.2, 0) is 6.42 Å². The number of para-hydroxylation sites is 1. The van der Waals surface area contributed by atoms with E-state index >= 15 is 0 Å². The van der Waals surface area contributed by atoms with Crippen molar-refractivity contribution in [1.82, 2.24) is 0 Å². The maximum atomic E-state index is 6.16. The van der Waals surface area contributed by atoms with E-state index < -0.39 is 0 Å². The fourth-order valence-corrected chi connectivity index (χ4v) is 5.05. The number of hydrogen-bond acceptors (Lipinski definition) is 3. The van der Waals surface area contributed by atoms with Crippen molar-refractivity contribution in [2.45, 2.75) is 18.9 Å². The molecule has 0 saturated carbocycles. The van der Waals surface area contributed by atoms with Gasteiger partial charge in [0.2, 0.25) is 0 Å². The lowest BCUT2D eigenvalue weighted by atomic mass is 9.93. The predicted octanol–water partition coefficient (Wildman–Crippen LogP) is 7.41. The zero-order valence-corrected chi connectivity index (χ0v) is 16.1. The van der Waals surface area contributed by atoms with Gasteiger partial charge in [-0.15, -0.1) is 11.3 Å². The average Bonchev–Trinajstić information content (AvgIpc) is 3.39. The van der Waals surface area contributed by atoms with Gasteiger partial charge in [-0.3, -0.25) is 0 Å². The topological polar surface area (TPSA) is 25.2 Å². The lowest BCUT2D eigenvalue weighted by Gasteiger charge is -2.27. The standard InChI is InChI=1S/C25H19NOS/c1-2-4-21-16(3-1)7-9-22(26-21)18-8-10-23-20(13-18)14-24(27-23)19-6-5-17-11-12-28-25(17)15-19/h1-6,8,10-15,22,26H,7,9H2. The van der Waals surface area contributed by atoms with Crippen molar-refractivity contribution < 1.29 is 4.42 Å². The molecule has 0 saturated heterocycles. The highest BCUT2D eigenvalue weighted by atomic mass is 32.1. The molecule has 0 radical (unpaired) electrons. The Balaban J connectivity index is 1.36. The molecule has 1 atom stereocenters. The zero-order valence-electron chi connectivity index (χ0n) is 15.3. The van der Waals surface area contributed by atoms with Gasteiger partial charge in [0.25, 0.3) is 0 Å². The van der Waals surface area contributed by atoms with Crippen LogP contribution in [0.2, 0.25) is 0 Å². The molecule has 0 spiro atoms. The van der Waals surface area contributed by atoms with Crippen molar-refractivity contribution in [1.29, 1.82) is 0 Å². The van der Waals surface area contributed by atoms with Gasteiger partial charge in [0.05, 0.1) is 6.04 Å². The van der Waals surface area contributed by atoms with Gasteiger partial charge in [-0.05, 0) is 71.1 Å². The molecule has 6 rings (SSSR count). The molecule has 0 amide bonds. The minimum atomic E-state index is 0.347. The van der Waals surface area contributed by atoms with Crippen LogP contribution in [0.25, 0.3) is 32.4 Å². The van der Waals surface area contributed by atoms with Crippen LogP contribution in [0.4, 0.5) is 5.69 Å². The third kappa shape index (κ3) is 2.62. The first-order valence-corrected chi connectivity index (χ1v) is 10.6. The summed E-state index contributed by atoms with van der Waals surface area (Å²) in [7, 11) is 0. The largest absolute Gasteiger partial charge is 0.456 e. The predicted molar refractivity (Wildman–Crippen MR) is 118 cm³/mol. The van der Waals surface area contributed by atoms with E-state index in [0.717, 1.165) is 29.7 Å². The molecule has 1 unspecified atom stereocenters. The molecule has 3 heteroatoms. The Morgan fingerprint density at radius 3 is 2.86 bits per heavy atom. The van der Waals surface area contributed by atoms with Gasteiger partial charge in [0.15, 0.2) is 0 Å². The fourth-order valence-electron chi connectivity index (χ4n) is 4.22. The molecule has 0 aliphatic carbocycles. The molecular weight excluding hydrogens is 362 g/mol. The van der Waals surface area contributed by atoms with Gasteiger partial charge in [0.1, 0.15) is 11.3 Å². The van der Waals surface area contributed by atoms with Crippen LogP contribution in [-0.4, -0.2) is 0 Å². The molecule has 0 fully saturated rings. The minimum Gasteiger partial charge on any atom is -0.456 e. The number of nitrogens with one attached hydrogen (secondary N) is 1. The first-order valence-electron chi connectivity index (χ1n) is 9.69. The molecule has 2 aromatic heterocycles. The maximum Gasteiger partial charge on any atom is 0.135 e. The van der Waals surface area contributed by atoms with Crippen molar-refractivity contribution in [3.63, 3.8) is 0 Å². The molecule has 136 valence electrons. The molecular formula is C25H19NOS. The number of furan rings is 1. The summed E-state index contributed by atoms with van der Waals surface area (Å²) in [6.07, 6.45) is 2.23. The summed E-state index contributed by atoms with van der Waals surface area (Å²) in [5.41, 5.74) is 6.08. The molecule has 3 aromatic carbocycles. The molecule has 0 bridgehead atoms. The van der Waals surface area contributed by atoms with Gasteiger partial charge in [-0.1, -0.05) is 36.4 Å². The zero-order chi connectivity index (χ0) is 18.5. The van der Waals surface area contributed by atoms with Gasteiger partial charge < -0.3 is 9.73 Å². The first-order chi connectivity index (χ1) is 13.8. The number of anilines is 1. The quantitative estimate of drug-likeness (QED) is 0.344. The first kappa shape index (κ1) is 16.0. The van der Waals surface area contributed by atoms with E-state index in [9.17, 15) is 0 Å². The van der Waals surface area contributed by atoms with Crippen LogP contribution >= 0.6 is 11.3 Å². The summed E-state index contributed by atoms with van der Waals surface area (Å²) in [5.74, 6) is 0.935. The molecule has 28 heavy (non-hydrogen) atoms. The van der Waals surface area contributed by atoms with E-state index in [2.05, 4.69) is 83.5 Å². The summed E-state index contributed by atoms with van der Waals surface area (Å²) >= 11 is 1.77. The van der Waals surface area contributed by atoms with E-state index in [0.29, 0.717) is 6.04 Å². The maximum absolute atomic E-state index is 6.16. The lowest BCUT2D eigenvalue weighted by molar-refractivity contribution is 0.630. The van der Waals surface area contributed by atoms with Crippen LogP contribution in [0.1, 0.15) is 23.6 Å². The SMILES string of the molecule is c1ccc2c(c1)CCC(c1ccc3oc(-c4ccc5ccsc5c4)cc3c1)N2. The summed E-state index contributed by atoms with van der Waals surface area (Å²) < 4.78 is 7.46. The highest BCUT2D eigenvalue weighted by molar-refractivity contribution is 7.17. The Morgan fingerprint density at radius 2 is 1.86 bits per heavy atom. The summed E-state index contributed by atoms with van der Waals surface area (Å²) in [4.78, 5) is 0. The summed E-state index contributed by atoms with van der Waals surface area (Å²) in [6, 6.07) is 26.4. The Kier molecular flexibility index (Phi) is 3.56. The minimum absolute atomic E-state index is 0.347. The van der Waals surface area contributed by atoms with Gasteiger partial charge in [-0.2, -0.15) is 0 Å². The molecule has 2 nitrogen and oxygen atoms in total. The van der Waals surface area contributed by atoms with E-state index in [1.54, 1.807) is 11.3 Å². The molecule has 1 aliphatic rings. The van der Waals surface area contributed by atoms with E-state index in [4.69, 9.17) is 4.42 Å². The fraction of sp³-hybridized carbons (Fsp3) is 0.120. The Bertz CT molecular complexity index is 1310. The highest BCUT2D eigenvalue weighted by Gasteiger charge is 2.19. The Morgan fingerprint density at radius 1 is 0.893 bits per heavy atom. The second-order valence-corrected chi connectivity index (χ2v) is 8.42. The number of thiophene rings is 1. The molecule has 1 N–H and O–H groups in total. The second-order valence-electron chi connectivity index (χ2n) is 7.47. The van der Waals surface area contributed by atoms with Crippen molar-refractivity contribution in [3.8, 4) is 11.3 Å². The number of aryl methyl sites for hydroxylation is 1. The highest BCUT2D eigenvalue weighted by Crippen LogP contribution is 2.36. The molecule has 1 aliphatic heterocycles. The van der Waals surface area contributed by atoms with Crippen LogP contribution in [0.3, 0.4) is 0 Å². The molecule has 5 aromatic rings. The Labute approximate surface area is 167 Å². The smallest absolute Gasteiger partial charge is 0.135 e. The van der Waals surface area contributed by atoms with E-state index in [1.165, 1.54) is 32.3 Å². The van der Waals surface area contributed by atoms with Gasteiger partial charge >= 0.3 is 0 Å². The number of rotatable bonds is 2. The van der Waals surface area contributed by atoms with Crippen LogP contribution in [0, 0.1) is 0 Å². The van der Waals surface area contributed by atoms with Gasteiger partial charge in [0, 0.05) is 21.3 Å². The van der Waals surface area contributed by atoms with E-state index in [1.807, 2.05) is 0 Å². The average molecular weight is 382 g/mol. The second kappa shape index (κ2) is 6.25. The van der Waals surface area contributed by atoms with Crippen molar-refractivity contribution in [3.05, 3.63) is 89.3 Å². The third-order valence-corrected chi connectivity index (χ3v) is 6.61.